The Hall–Kier alpha value is -7.83. The molecule has 0 aliphatic heterocycles. The lowest BCUT2D eigenvalue weighted by Crippen LogP contribution is -2.12. The van der Waals surface area contributed by atoms with E-state index in [9.17, 15) is 0 Å². The van der Waals surface area contributed by atoms with Crippen LogP contribution < -0.4 is 0 Å². The number of rotatable bonds is 4. The molecule has 0 fully saturated rings. The predicted octanol–water partition coefficient (Wildman–Crippen LogP) is 13.5. The minimum absolute atomic E-state index is 0.158. The van der Waals surface area contributed by atoms with Gasteiger partial charge in [0.05, 0.1) is 16.6 Å². The Labute approximate surface area is 337 Å². The van der Waals surface area contributed by atoms with E-state index < -0.39 is 0 Å². The first-order valence-electron chi connectivity index (χ1n) is 20.0. The summed E-state index contributed by atoms with van der Waals surface area (Å²) in [4.78, 5) is 16.0. The van der Waals surface area contributed by atoms with E-state index in [2.05, 4.69) is 150 Å². The average Bonchev–Trinajstić information content (AvgIpc) is 3.98. The highest BCUT2D eigenvalue weighted by molar-refractivity contribution is 6.13. The van der Waals surface area contributed by atoms with Gasteiger partial charge in [0.25, 0.3) is 0 Å². The molecule has 0 bridgehead atoms. The van der Waals surface area contributed by atoms with Crippen molar-refractivity contribution in [2.75, 3.05) is 0 Å². The summed E-state index contributed by atoms with van der Waals surface area (Å²) >= 11 is 0. The number of para-hydroxylation sites is 4. The van der Waals surface area contributed by atoms with Crippen molar-refractivity contribution in [3.63, 3.8) is 0 Å². The van der Waals surface area contributed by atoms with Crippen molar-refractivity contribution < 1.29 is 8.83 Å². The summed E-state index contributed by atoms with van der Waals surface area (Å²) in [6.45, 7) is 0. The summed E-state index contributed by atoms with van der Waals surface area (Å²) in [5.41, 5.74) is 13.4. The topological polar surface area (TPSA) is 69.9 Å². The fourth-order valence-electron chi connectivity index (χ4n) is 9.76. The second-order valence-corrected chi connectivity index (χ2v) is 15.4. The maximum Gasteiger partial charge on any atom is 0.238 e. The Morgan fingerprint density at radius 3 is 1.80 bits per heavy atom. The van der Waals surface area contributed by atoms with E-state index in [4.69, 9.17) is 23.8 Å². The largest absolute Gasteiger partial charge is 0.456 e. The third-order valence-electron chi connectivity index (χ3n) is 12.3. The molecule has 1 unspecified atom stereocenters. The molecule has 0 saturated carbocycles. The molecule has 59 heavy (non-hydrogen) atoms. The molecular weight excluding hydrogens is 725 g/mol. The van der Waals surface area contributed by atoms with Gasteiger partial charge in [-0.25, -0.2) is 4.98 Å². The number of aromatic nitrogens is 4. The summed E-state index contributed by atoms with van der Waals surface area (Å²) in [6.07, 6.45) is 0.909. The van der Waals surface area contributed by atoms with Gasteiger partial charge in [-0.05, 0) is 70.6 Å². The Bertz CT molecular complexity index is 3630. The van der Waals surface area contributed by atoms with Crippen LogP contribution in [0.25, 0.3) is 106 Å². The molecule has 8 aromatic carbocycles. The highest BCUT2D eigenvalue weighted by Crippen LogP contribution is 2.47. The first-order chi connectivity index (χ1) is 29.3. The van der Waals surface area contributed by atoms with Crippen LogP contribution in [-0.4, -0.2) is 19.5 Å². The number of fused-ring (bicyclic) bond motifs is 12. The lowest BCUT2D eigenvalue weighted by molar-refractivity contribution is 0.668. The zero-order chi connectivity index (χ0) is 38.6. The molecule has 6 nitrogen and oxygen atoms in total. The average molecular weight is 757 g/mol. The van der Waals surface area contributed by atoms with Crippen molar-refractivity contribution in [3.8, 4) is 39.9 Å². The second kappa shape index (κ2) is 12.3. The van der Waals surface area contributed by atoms with Gasteiger partial charge < -0.3 is 8.83 Å². The first kappa shape index (κ1) is 32.3. The molecule has 1 atom stereocenters. The van der Waals surface area contributed by atoms with Gasteiger partial charge >= 0.3 is 0 Å². The van der Waals surface area contributed by atoms with Crippen LogP contribution in [0.3, 0.4) is 0 Å². The molecular formula is C53H32N4O2. The van der Waals surface area contributed by atoms with Gasteiger partial charge in [0.1, 0.15) is 22.3 Å². The maximum atomic E-state index is 6.94. The van der Waals surface area contributed by atoms with E-state index in [1.807, 2.05) is 30.3 Å². The minimum Gasteiger partial charge on any atom is -0.456 e. The number of benzene rings is 8. The molecule has 276 valence electrons. The van der Waals surface area contributed by atoms with Crippen LogP contribution in [0.4, 0.5) is 0 Å². The summed E-state index contributed by atoms with van der Waals surface area (Å²) < 4.78 is 15.4. The van der Waals surface area contributed by atoms with Crippen LogP contribution in [0.1, 0.15) is 22.6 Å². The lowest BCUT2D eigenvalue weighted by atomic mass is 9.75. The third kappa shape index (κ3) is 4.71. The van der Waals surface area contributed by atoms with Crippen LogP contribution >= 0.6 is 0 Å². The van der Waals surface area contributed by atoms with Gasteiger partial charge in [0.2, 0.25) is 5.95 Å². The summed E-state index contributed by atoms with van der Waals surface area (Å²) in [5.74, 6) is 1.76. The standard InChI is InChI=1S/C53H32N4O2/c1-2-15-32-31(14-1)30-42(34-17-4-3-16-33(32)34)37-21-12-29-47-48(37)39-22-11-24-41(50(39)59-47)52-54-51(40-23-13-28-46-49(40)38-20-7-10-27-45(38)58-46)55-53(56-52)57-43-25-8-5-18-35(43)36-19-6-9-26-44(36)57/h1-29,42H,30H2. The highest BCUT2D eigenvalue weighted by atomic mass is 16.3. The van der Waals surface area contributed by atoms with E-state index in [0.717, 1.165) is 83.2 Å². The molecule has 0 amide bonds. The van der Waals surface area contributed by atoms with E-state index in [-0.39, 0.29) is 5.92 Å². The Kier molecular flexibility index (Phi) is 6.75. The van der Waals surface area contributed by atoms with Crippen LogP contribution in [-0.2, 0) is 6.42 Å². The van der Waals surface area contributed by atoms with Gasteiger partial charge in [0, 0.05) is 43.8 Å². The monoisotopic (exact) mass is 756 g/mol. The number of furan rings is 2. The van der Waals surface area contributed by atoms with Crippen LogP contribution in [0.2, 0.25) is 0 Å². The van der Waals surface area contributed by atoms with Crippen LogP contribution in [0.15, 0.2) is 185 Å². The number of nitrogens with zero attached hydrogens (tertiary/aromatic N) is 4. The molecule has 0 N–H and O–H groups in total. The fraction of sp³-hybridized carbons (Fsp3) is 0.0377. The van der Waals surface area contributed by atoms with Crippen molar-refractivity contribution >= 4 is 65.7 Å². The maximum absolute atomic E-state index is 6.94. The number of hydrogen-bond donors (Lipinski definition) is 0. The molecule has 6 heteroatoms. The molecule has 1 aliphatic carbocycles. The van der Waals surface area contributed by atoms with Crippen molar-refractivity contribution in [1.29, 1.82) is 0 Å². The summed E-state index contributed by atoms with van der Waals surface area (Å²) in [7, 11) is 0. The zero-order valence-corrected chi connectivity index (χ0v) is 31.6. The fourth-order valence-corrected chi connectivity index (χ4v) is 9.76. The summed E-state index contributed by atoms with van der Waals surface area (Å²) in [6, 6.07) is 61.6. The molecule has 12 aromatic rings. The van der Waals surface area contributed by atoms with E-state index >= 15 is 0 Å². The van der Waals surface area contributed by atoms with Crippen LogP contribution in [0.5, 0.6) is 0 Å². The molecule has 1 aliphatic rings. The van der Waals surface area contributed by atoms with Gasteiger partial charge in [-0.1, -0.05) is 140 Å². The smallest absolute Gasteiger partial charge is 0.238 e. The van der Waals surface area contributed by atoms with E-state index in [1.165, 1.54) is 27.8 Å². The van der Waals surface area contributed by atoms with Crippen molar-refractivity contribution in [2.24, 2.45) is 0 Å². The summed E-state index contributed by atoms with van der Waals surface area (Å²) in [5, 5.41) is 6.40. The minimum atomic E-state index is 0.158. The van der Waals surface area contributed by atoms with Crippen molar-refractivity contribution in [3.05, 3.63) is 193 Å². The molecule has 0 spiro atoms. The van der Waals surface area contributed by atoms with Gasteiger partial charge in [-0.15, -0.1) is 0 Å². The quantitative estimate of drug-likeness (QED) is 0.179. The SMILES string of the molecule is c1ccc2c(c1)CC(c1cccc3oc4c(-c5nc(-c6cccc7oc8ccccc8c67)nc(-n6c7ccccc7c7ccccc76)n5)cccc4c13)c1ccccc1-2. The molecule has 4 aromatic heterocycles. The molecule has 4 heterocycles. The third-order valence-corrected chi connectivity index (χ3v) is 12.3. The van der Waals surface area contributed by atoms with Crippen molar-refractivity contribution in [1.82, 2.24) is 19.5 Å². The molecule has 13 rings (SSSR count). The predicted molar refractivity (Wildman–Crippen MR) is 237 cm³/mol. The normalized spacial score (nSPS) is 13.9. The Morgan fingerprint density at radius 1 is 0.407 bits per heavy atom. The molecule has 0 radical (unpaired) electrons. The zero-order valence-electron chi connectivity index (χ0n) is 31.6. The highest BCUT2D eigenvalue weighted by Gasteiger charge is 2.29. The lowest BCUT2D eigenvalue weighted by Gasteiger charge is -2.28. The van der Waals surface area contributed by atoms with Crippen molar-refractivity contribution in [2.45, 2.75) is 12.3 Å². The van der Waals surface area contributed by atoms with Gasteiger partial charge in [0.15, 0.2) is 11.6 Å². The number of hydrogen-bond acceptors (Lipinski definition) is 5. The van der Waals surface area contributed by atoms with E-state index in [0.29, 0.717) is 17.6 Å². The molecule has 0 saturated heterocycles. The Morgan fingerprint density at radius 2 is 0.966 bits per heavy atom. The Balaban J connectivity index is 1.08. The van der Waals surface area contributed by atoms with Gasteiger partial charge in [-0.3, -0.25) is 4.57 Å². The van der Waals surface area contributed by atoms with E-state index in [1.54, 1.807) is 0 Å². The van der Waals surface area contributed by atoms with Gasteiger partial charge in [-0.2, -0.15) is 9.97 Å². The second-order valence-electron chi connectivity index (χ2n) is 15.4. The van der Waals surface area contributed by atoms with Crippen LogP contribution in [0, 0.1) is 0 Å². The first-order valence-corrected chi connectivity index (χ1v) is 20.0.